The summed E-state index contributed by atoms with van der Waals surface area (Å²) >= 11 is 0. The van der Waals surface area contributed by atoms with Crippen molar-refractivity contribution in [3.63, 3.8) is 0 Å². The van der Waals surface area contributed by atoms with E-state index in [0.29, 0.717) is 0 Å². The Morgan fingerprint density at radius 2 is 1.59 bits per heavy atom. The molecule has 0 spiro atoms. The van der Waals surface area contributed by atoms with Gasteiger partial charge in [-0.2, -0.15) is 0 Å². The monoisotopic (exact) mass is 227 g/mol. The van der Waals surface area contributed by atoms with Crippen LogP contribution in [0.3, 0.4) is 0 Å². The number of hydrogen-bond acceptors (Lipinski definition) is 1. The van der Waals surface area contributed by atoms with Crippen LogP contribution in [0.4, 0.5) is 10.1 Å². The quantitative estimate of drug-likeness (QED) is 0.740. The molecule has 0 aliphatic heterocycles. The number of benzene rings is 2. The Labute approximate surface area is 100 Å². The van der Waals surface area contributed by atoms with Crippen molar-refractivity contribution in [2.45, 2.75) is 19.3 Å². The topological polar surface area (TPSA) is 26.0 Å². The molecule has 0 amide bonds. The Balaban J connectivity index is 2.06. The van der Waals surface area contributed by atoms with E-state index in [9.17, 15) is 4.39 Å². The van der Waals surface area contributed by atoms with Gasteiger partial charge in [-0.05, 0) is 53.6 Å². The van der Waals surface area contributed by atoms with Gasteiger partial charge in [0, 0.05) is 0 Å². The summed E-state index contributed by atoms with van der Waals surface area (Å²) in [5, 5.41) is 0. The van der Waals surface area contributed by atoms with E-state index in [1.165, 1.54) is 30.0 Å². The van der Waals surface area contributed by atoms with Crippen LogP contribution in [-0.2, 0) is 12.8 Å². The third-order valence-corrected chi connectivity index (χ3v) is 3.43. The van der Waals surface area contributed by atoms with Gasteiger partial charge in [0.1, 0.15) is 5.82 Å². The average molecular weight is 227 g/mol. The maximum absolute atomic E-state index is 13.4. The molecular weight excluding hydrogens is 213 g/mol. The normalized spacial score (nSPS) is 13.7. The molecule has 3 rings (SSSR count). The van der Waals surface area contributed by atoms with Crippen molar-refractivity contribution in [2.75, 3.05) is 5.73 Å². The molecule has 2 aromatic rings. The highest BCUT2D eigenvalue weighted by molar-refractivity contribution is 5.67. The zero-order valence-corrected chi connectivity index (χ0v) is 9.54. The van der Waals surface area contributed by atoms with Crippen molar-refractivity contribution in [3.8, 4) is 11.1 Å². The lowest BCUT2D eigenvalue weighted by molar-refractivity contribution is 0.633. The lowest BCUT2D eigenvalue weighted by atomic mass is 10.0. The third kappa shape index (κ3) is 1.80. The summed E-state index contributed by atoms with van der Waals surface area (Å²) in [5.74, 6) is -0.344. The molecule has 0 aromatic heterocycles. The summed E-state index contributed by atoms with van der Waals surface area (Å²) in [6, 6.07) is 11.4. The number of fused-ring (bicyclic) bond motifs is 1. The van der Waals surface area contributed by atoms with E-state index >= 15 is 0 Å². The fraction of sp³-hybridized carbons (Fsp3) is 0.200. The van der Waals surface area contributed by atoms with Crippen LogP contribution in [0.2, 0.25) is 0 Å². The second-order valence-electron chi connectivity index (χ2n) is 4.57. The van der Waals surface area contributed by atoms with Crippen LogP contribution in [-0.4, -0.2) is 0 Å². The van der Waals surface area contributed by atoms with Crippen LogP contribution in [0.25, 0.3) is 11.1 Å². The standard InChI is InChI=1S/C15H14FN/c16-14-9-13(6-7-15(14)17)12-5-4-10-2-1-3-11(10)8-12/h4-9H,1-3,17H2. The van der Waals surface area contributed by atoms with Gasteiger partial charge in [0.05, 0.1) is 5.69 Å². The number of nitrogen functional groups attached to an aromatic ring is 1. The second-order valence-corrected chi connectivity index (χ2v) is 4.57. The Hall–Kier alpha value is -1.83. The second kappa shape index (κ2) is 3.88. The van der Waals surface area contributed by atoms with E-state index in [2.05, 4.69) is 18.2 Å². The number of hydrogen-bond donors (Lipinski definition) is 1. The molecule has 0 bridgehead atoms. The molecule has 0 saturated carbocycles. The molecule has 0 atom stereocenters. The minimum absolute atomic E-state index is 0.204. The highest BCUT2D eigenvalue weighted by Crippen LogP contribution is 2.29. The smallest absolute Gasteiger partial charge is 0.146 e. The molecule has 2 aromatic carbocycles. The van der Waals surface area contributed by atoms with Crippen molar-refractivity contribution >= 4 is 5.69 Å². The Kier molecular flexibility index (Phi) is 2.36. The van der Waals surface area contributed by atoms with E-state index in [-0.39, 0.29) is 11.5 Å². The first-order chi connectivity index (χ1) is 8.24. The van der Waals surface area contributed by atoms with Gasteiger partial charge in [-0.25, -0.2) is 4.39 Å². The summed E-state index contributed by atoms with van der Waals surface area (Å²) in [5.41, 5.74) is 10.5. The summed E-state index contributed by atoms with van der Waals surface area (Å²) in [7, 11) is 0. The molecule has 1 aliphatic carbocycles. The van der Waals surface area contributed by atoms with Gasteiger partial charge in [0.2, 0.25) is 0 Å². The molecule has 1 aliphatic rings. The Morgan fingerprint density at radius 1 is 0.882 bits per heavy atom. The van der Waals surface area contributed by atoms with E-state index in [4.69, 9.17) is 5.73 Å². The first-order valence-electron chi connectivity index (χ1n) is 5.91. The zero-order valence-electron chi connectivity index (χ0n) is 9.54. The van der Waals surface area contributed by atoms with Gasteiger partial charge < -0.3 is 5.73 Å². The summed E-state index contributed by atoms with van der Waals surface area (Å²) < 4.78 is 13.4. The minimum Gasteiger partial charge on any atom is -0.396 e. The number of halogens is 1. The zero-order chi connectivity index (χ0) is 11.8. The van der Waals surface area contributed by atoms with Crippen LogP contribution in [0, 0.1) is 5.82 Å². The summed E-state index contributed by atoms with van der Waals surface area (Å²) in [4.78, 5) is 0. The van der Waals surface area contributed by atoms with Gasteiger partial charge >= 0.3 is 0 Å². The number of aryl methyl sites for hydroxylation is 2. The molecule has 0 saturated heterocycles. The van der Waals surface area contributed by atoms with E-state index in [1.54, 1.807) is 6.07 Å². The molecule has 2 heteroatoms. The van der Waals surface area contributed by atoms with Crippen molar-refractivity contribution in [2.24, 2.45) is 0 Å². The van der Waals surface area contributed by atoms with E-state index in [1.807, 2.05) is 6.07 Å². The molecule has 0 unspecified atom stereocenters. The molecule has 0 fully saturated rings. The summed E-state index contributed by atoms with van der Waals surface area (Å²) in [6.07, 6.45) is 3.54. The molecule has 0 heterocycles. The van der Waals surface area contributed by atoms with Gasteiger partial charge in [-0.3, -0.25) is 0 Å². The molecule has 17 heavy (non-hydrogen) atoms. The van der Waals surface area contributed by atoms with E-state index in [0.717, 1.165) is 17.5 Å². The summed E-state index contributed by atoms with van der Waals surface area (Å²) in [6.45, 7) is 0. The fourth-order valence-corrected chi connectivity index (χ4v) is 2.46. The predicted octanol–water partition coefficient (Wildman–Crippen LogP) is 3.56. The van der Waals surface area contributed by atoms with Crippen molar-refractivity contribution in [1.82, 2.24) is 0 Å². The maximum Gasteiger partial charge on any atom is 0.146 e. The van der Waals surface area contributed by atoms with Gasteiger partial charge in [-0.1, -0.05) is 24.3 Å². The van der Waals surface area contributed by atoms with Crippen LogP contribution in [0.15, 0.2) is 36.4 Å². The van der Waals surface area contributed by atoms with Crippen LogP contribution in [0.1, 0.15) is 17.5 Å². The van der Waals surface area contributed by atoms with Crippen molar-refractivity contribution in [1.29, 1.82) is 0 Å². The van der Waals surface area contributed by atoms with Crippen LogP contribution < -0.4 is 5.73 Å². The lowest BCUT2D eigenvalue weighted by Gasteiger charge is -2.06. The Bertz CT molecular complexity index is 575. The van der Waals surface area contributed by atoms with Crippen molar-refractivity contribution < 1.29 is 4.39 Å². The predicted molar refractivity (Wildman–Crippen MR) is 68.3 cm³/mol. The molecule has 86 valence electrons. The number of nitrogens with two attached hydrogens (primary N) is 1. The van der Waals surface area contributed by atoms with Gasteiger partial charge in [-0.15, -0.1) is 0 Å². The van der Waals surface area contributed by atoms with Crippen LogP contribution in [0.5, 0.6) is 0 Å². The molecule has 0 radical (unpaired) electrons. The van der Waals surface area contributed by atoms with Gasteiger partial charge in [0.15, 0.2) is 0 Å². The van der Waals surface area contributed by atoms with Crippen molar-refractivity contribution in [3.05, 3.63) is 53.3 Å². The first kappa shape index (κ1) is 10.3. The third-order valence-electron chi connectivity index (χ3n) is 3.43. The number of anilines is 1. The SMILES string of the molecule is Nc1ccc(-c2ccc3c(c2)CCC3)cc1F. The van der Waals surface area contributed by atoms with Crippen LogP contribution >= 0.6 is 0 Å². The van der Waals surface area contributed by atoms with Gasteiger partial charge in [0.25, 0.3) is 0 Å². The molecule has 2 N–H and O–H groups in total. The highest BCUT2D eigenvalue weighted by Gasteiger charge is 2.11. The first-order valence-corrected chi connectivity index (χ1v) is 5.91. The average Bonchev–Trinajstić information content (AvgIpc) is 2.79. The molecular formula is C15H14FN. The highest BCUT2D eigenvalue weighted by atomic mass is 19.1. The number of rotatable bonds is 1. The maximum atomic E-state index is 13.4. The van der Waals surface area contributed by atoms with E-state index < -0.39 is 0 Å². The fourth-order valence-electron chi connectivity index (χ4n) is 2.46. The minimum atomic E-state index is -0.344. The lowest BCUT2D eigenvalue weighted by Crippen LogP contribution is -1.91. The molecule has 1 nitrogen and oxygen atoms in total. The Morgan fingerprint density at radius 3 is 2.41 bits per heavy atom. The largest absolute Gasteiger partial charge is 0.396 e.